The molecule has 3 amide bonds. The second-order valence-corrected chi connectivity index (χ2v) is 8.64. The summed E-state index contributed by atoms with van der Waals surface area (Å²) in [6, 6.07) is 23.7. The molecule has 0 radical (unpaired) electrons. The Labute approximate surface area is 203 Å². The number of carbonyl (C=O) groups is 2. The Bertz CT molecular complexity index is 1200. The molecule has 2 heterocycles. The molecule has 2 aliphatic heterocycles. The van der Waals surface area contributed by atoms with Gasteiger partial charge < -0.3 is 24.6 Å². The van der Waals surface area contributed by atoms with Crippen LogP contribution in [0.4, 0.5) is 4.79 Å². The number of carbonyl (C=O) groups excluding carboxylic acids is 2. The third-order valence-corrected chi connectivity index (χ3v) is 6.16. The van der Waals surface area contributed by atoms with Gasteiger partial charge in [0.2, 0.25) is 6.79 Å². The van der Waals surface area contributed by atoms with E-state index in [1.165, 1.54) is 0 Å². The Morgan fingerprint density at radius 2 is 1.66 bits per heavy atom. The van der Waals surface area contributed by atoms with E-state index in [9.17, 15) is 14.7 Å². The van der Waals surface area contributed by atoms with Crippen molar-refractivity contribution in [2.75, 3.05) is 19.9 Å². The maximum atomic E-state index is 13.6. The van der Waals surface area contributed by atoms with Gasteiger partial charge in [-0.15, -0.1) is 0 Å². The summed E-state index contributed by atoms with van der Waals surface area (Å²) in [5, 5.41) is 13.5. The molecule has 0 bridgehead atoms. The van der Waals surface area contributed by atoms with E-state index in [4.69, 9.17) is 14.2 Å². The molecule has 1 fully saturated rings. The molecule has 8 nitrogen and oxygen atoms in total. The van der Waals surface area contributed by atoms with Crippen molar-refractivity contribution in [3.63, 3.8) is 0 Å². The van der Waals surface area contributed by atoms with E-state index in [1.807, 2.05) is 72.8 Å². The summed E-state index contributed by atoms with van der Waals surface area (Å²) >= 11 is 0. The normalized spacial score (nSPS) is 19.6. The number of nitrogens with one attached hydrogen (secondary N) is 1. The number of hydrogen-bond acceptors (Lipinski definition) is 6. The van der Waals surface area contributed by atoms with Crippen LogP contribution in [0.3, 0.4) is 0 Å². The number of aliphatic hydroxyl groups is 1. The molecular formula is C27H26N2O6. The fraction of sp³-hybridized carbons (Fsp3) is 0.259. The van der Waals surface area contributed by atoms with Crippen LogP contribution in [0.5, 0.6) is 11.5 Å². The second kappa shape index (κ2) is 9.77. The van der Waals surface area contributed by atoms with Gasteiger partial charge in [-0.3, -0.25) is 9.69 Å². The highest BCUT2D eigenvalue weighted by atomic mass is 16.7. The lowest BCUT2D eigenvalue weighted by Crippen LogP contribution is -2.46. The number of hydrogen-bond donors (Lipinski definition) is 2. The number of urea groups is 1. The molecule has 2 atom stereocenters. The van der Waals surface area contributed by atoms with Gasteiger partial charge in [-0.25, -0.2) is 4.79 Å². The number of amides is 3. The maximum Gasteiger partial charge on any atom is 0.325 e. The molecule has 3 aromatic rings. The fourth-order valence-corrected chi connectivity index (χ4v) is 4.44. The van der Waals surface area contributed by atoms with E-state index in [0.29, 0.717) is 23.5 Å². The number of aliphatic hydroxyl groups excluding tert-OH is 1. The highest BCUT2D eigenvalue weighted by Crippen LogP contribution is 2.34. The molecule has 0 saturated carbocycles. The van der Waals surface area contributed by atoms with E-state index in [0.717, 1.165) is 16.0 Å². The molecule has 0 aromatic heterocycles. The summed E-state index contributed by atoms with van der Waals surface area (Å²) < 4.78 is 16.3. The largest absolute Gasteiger partial charge is 0.454 e. The van der Waals surface area contributed by atoms with Crippen LogP contribution in [0.25, 0.3) is 0 Å². The van der Waals surface area contributed by atoms with Gasteiger partial charge in [0, 0.05) is 6.42 Å². The number of benzene rings is 3. The zero-order valence-corrected chi connectivity index (χ0v) is 19.1. The minimum absolute atomic E-state index is 0.0392. The first-order valence-corrected chi connectivity index (χ1v) is 11.4. The van der Waals surface area contributed by atoms with Crippen molar-refractivity contribution in [1.82, 2.24) is 10.2 Å². The van der Waals surface area contributed by atoms with Crippen LogP contribution in [0.15, 0.2) is 78.9 Å². The van der Waals surface area contributed by atoms with Gasteiger partial charge in [-0.2, -0.15) is 0 Å². The molecule has 0 unspecified atom stereocenters. The summed E-state index contributed by atoms with van der Waals surface area (Å²) in [4.78, 5) is 27.6. The standard InChI is InChI=1S/C27H26N2O6/c30-22(17-33-16-20-11-12-23-24(13-20)35-18-34-23)15-29-25(31)27(28-26(29)32,21-9-5-2-6-10-21)14-19-7-3-1-4-8-19/h1-13,22,30H,14-18H2,(H,28,32)/t22-,27+/m1/s1. The highest BCUT2D eigenvalue weighted by molar-refractivity contribution is 6.07. The van der Waals surface area contributed by atoms with Crippen molar-refractivity contribution in [2.45, 2.75) is 24.7 Å². The average Bonchev–Trinajstić information content (AvgIpc) is 3.44. The van der Waals surface area contributed by atoms with Crippen LogP contribution in [-0.2, 0) is 28.1 Å². The summed E-state index contributed by atoms with van der Waals surface area (Å²) in [6.45, 7) is 0.229. The molecule has 0 spiro atoms. The topological polar surface area (TPSA) is 97.3 Å². The van der Waals surface area contributed by atoms with Gasteiger partial charge in [-0.05, 0) is 28.8 Å². The Kier molecular flexibility index (Phi) is 6.39. The van der Waals surface area contributed by atoms with E-state index in [1.54, 1.807) is 6.07 Å². The molecule has 3 aromatic carbocycles. The van der Waals surface area contributed by atoms with Crippen LogP contribution >= 0.6 is 0 Å². The van der Waals surface area contributed by atoms with Crippen LogP contribution < -0.4 is 14.8 Å². The van der Waals surface area contributed by atoms with Crippen molar-refractivity contribution in [1.29, 1.82) is 0 Å². The molecular weight excluding hydrogens is 448 g/mol. The van der Waals surface area contributed by atoms with Crippen LogP contribution in [0.2, 0.25) is 0 Å². The molecule has 8 heteroatoms. The first-order chi connectivity index (χ1) is 17.0. The number of ether oxygens (including phenoxy) is 3. The van der Waals surface area contributed by atoms with Gasteiger partial charge in [0.25, 0.3) is 5.91 Å². The van der Waals surface area contributed by atoms with E-state index in [2.05, 4.69) is 5.32 Å². The third-order valence-electron chi connectivity index (χ3n) is 6.16. The van der Waals surface area contributed by atoms with E-state index in [-0.39, 0.29) is 26.6 Å². The van der Waals surface area contributed by atoms with Gasteiger partial charge in [-0.1, -0.05) is 66.7 Å². The SMILES string of the molecule is O=C1N[C@@](Cc2ccccc2)(c2ccccc2)C(=O)N1C[C@@H](O)COCc1ccc2c(c1)OCO2. The summed E-state index contributed by atoms with van der Waals surface area (Å²) in [5.41, 5.74) is 1.23. The Morgan fingerprint density at radius 3 is 2.43 bits per heavy atom. The lowest BCUT2D eigenvalue weighted by Gasteiger charge is -2.28. The molecule has 35 heavy (non-hydrogen) atoms. The first-order valence-electron chi connectivity index (χ1n) is 11.4. The van der Waals surface area contributed by atoms with Crippen molar-refractivity contribution >= 4 is 11.9 Å². The van der Waals surface area contributed by atoms with Gasteiger partial charge in [0.15, 0.2) is 17.0 Å². The van der Waals surface area contributed by atoms with Crippen LogP contribution in [0.1, 0.15) is 16.7 Å². The zero-order valence-electron chi connectivity index (χ0n) is 19.1. The average molecular weight is 475 g/mol. The fourth-order valence-electron chi connectivity index (χ4n) is 4.44. The maximum absolute atomic E-state index is 13.6. The number of nitrogens with zero attached hydrogens (tertiary/aromatic N) is 1. The minimum atomic E-state index is -1.24. The number of imide groups is 1. The highest BCUT2D eigenvalue weighted by Gasteiger charge is 2.52. The Balaban J connectivity index is 1.25. The van der Waals surface area contributed by atoms with Crippen molar-refractivity contribution < 1.29 is 28.9 Å². The Morgan fingerprint density at radius 1 is 0.943 bits per heavy atom. The molecule has 0 aliphatic carbocycles. The van der Waals surface area contributed by atoms with Crippen molar-refractivity contribution in [2.24, 2.45) is 0 Å². The Hall–Kier alpha value is -3.88. The predicted octanol–water partition coefficient (Wildman–Crippen LogP) is 2.98. The monoisotopic (exact) mass is 474 g/mol. The summed E-state index contributed by atoms with van der Waals surface area (Å²) in [6.07, 6.45) is -0.739. The van der Waals surface area contributed by atoms with E-state index < -0.39 is 23.6 Å². The lowest BCUT2D eigenvalue weighted by atomic mass is 9.83. The smallest absolute Gasteiger partial charge is 0.325 e. The first kappa shape index (κ1) is 22.9. The van der Waals surface area contributed by atoms with Gasteiger partial charge in [0.1, 0.15) is 0 Å². The van der Waals surface area contributed by atoms with Crippen molar-refractivity contribution in [3.05, 3.63) is 95.6 Å². The lowest BCUT2D eigenvalue weighted by molar-refractivity contribution is -0.133. The molecule has 2 aliphatic rings. The van der Waals surface area contributed by atoms with Gasteiger partial charge >= 0.3 is 6.03 Å². The number of rotatable bonds is 9. The number of β-amino-alcohol motifs (C(OH)–C–C–N with tert-alkyl or cyclic N) is 1. The molecule has 5 rings (SSSR count). The molecule has 2 N–H and O–H groups in total. The van der Waals surface area contributed by atoms with Gasteiger partial charge in [0.05, 0.1) is 25.9 Å². The van der Waals surface area contributed by atoms with E-state index >= 15 is 0 Å². The summed E-state index contributed by atoms with van der Waals surface area (Å²) in [5.74, 6) is 0.943. The van der Waals surface area contributed by atoms with Crippen LogP contribution in [0, 0.1) is 0 Å². The van der Waals surface area contributed by atoms with Crippen LogP contribution in [-0.4, -0.2) is 48.0 Å². The quantitative estimate of drug-likeness (QED) is 0.463. The molecule has 1 saturated heterocycles. The van der Waals surface area contributed by atoms with Crippen molar-refractivity contribution in [3.8, 4) is 11.5 Å². The predicted molar refractivity (Wildman–Crippen MR) is 127 cm³/mol. The molecule has 180 valence electrons. The third kappa shape index (κ3) is 4.71. The number of fused-ring (bicyclic) bond motifs is 1. The second-order valence-electron chi connectivity index (χ2n) is 8.64. The zero-order chi connectivity index (χ0) is 24.3. The minimum Gasteiger partial charge on any atom is -0.454 e. The summed E-state index contributed by atoms with van der Waals surface area (Å²) in [7, 11) is 0.